The average Bonchev–Trinajstić information content (AvgIpc) is 2.86. The third-order valence-electron chi connectivity index (χ3n) is 4.14. The van der Waals surface area contributed by atoms with Crippen LogP contribution in [0.4, 0.5) is 0 Å². The van der Waals surface area contributed by atoms with Crippen molar-refractivity contribution in [2.75, 3.05) is 0 Å². The number of nitrogens with two attached hydrogens (primary N) is 1. The van der Waals surface area contributed by atoms with Gasteiger partial charge in [-0.2, -0.15) is 0 Å². The molecule has 106 valence electrons. The van der Waals surface area contributed by atoms with E-state index in [4.69, 9.17) is 5.73 Å². The Balaban J connectivity index is 2.10. The first-order chi connectivity index (χ1) is 9.36. The fourth-order valence-corrected chi connectivity index (χ4v) is 3.07. The summed E-state index contributed by atoms with van der Waals surface area (Å²) in [6.45, 7) is 9.76. The zero-order valence-electron chi connectivity index (χ0n) is 12.9. The van der Waals surface area contributed by atoms with Gasteiger partial charge in [-0.05, 0) is 41.2 Å². The van der Waals surface area contributed by atoms with Crippen LogP contribution >= 0.6 is 0 Å². The Bertz CT molecular complexity index is 642. The van der Waals surface area contributed by atoms with Gasteiger partial charge < -0.3 is 10.3 Å². The lowest BCUT2D eigenvalue weighted by Gasteiger charge is -2.20. The minimum Gasteiger partial charge on any atom is -0.346 e. The van der Waals surface area contributed by atoms with Crippen molar-refractivity contribution in [1.82, 2.24) is 4.57 Å². The van der Waals surface area contributed by atoms with Crippen molar-refractivity contribution in [3.63, 3.8) is 0 Å². The van der Waals surface area contributed by atoms with Gasteiger partial charge in [-0.25, -0.2) is 0 Å². The molecule has 2 heteroatoms. The topological polar surface area (TPSA) is 30.9 Å². The molecule has 0 radical (unpaired) electrons. The van der Waals surface area contributed by atoms with Crippen LogP contribution in [-0.2, 0) is 18.4 Å². The summed E-state index contributed by atoms with van der Waals surface area (Å²) in [5, 5.41) is 0. The lowest BCUT2D eigenvalue weighted by Crippen LogP contribution is -2.22. The van der Waals surface area contributed by atoms with Crippen LogP contribution in [0.2, 0.25) is 0 Å². The first kappa shape index (κ1) is 13.4. The largest absolute Gasteiger partial charge is 0.346 e. The van der Waals surface area contributed by atoms with Crippen LogP contribution in [0.3, 0.4) is 0 Å². The molecular weight excluding hydrogens is 244 g/mol. The molecule has 1 aliphatic rings. The standard InChI is InChI=1S/C18H24N2/c1-12(19)11-20-8-7-14-9-13-5-6-15(18(2,3)4)10-16(13)17(14)20/h5-8,10,12H,9,11,19H2,1-4H3/t12-/m0/s1. The van der Waals surface area contributed by atoms with Crippen LogP contribution in [0.1, 0.15) is 44.4 Å². The van der Waals surface area contributed by atoms with Gasteiger partial charge in [-0.15, -0.1) is 0 Å². The van der Waals surface area contributed by atoms with E-state index in [1.807, 2.05) is 0 Å². The third kappa shape index (κ3) is 2.18. The second-order valence-electron chi connectivity index (χ2n) is 7.12. The number of hydrogen-bond donors (Lipinski definition) is 1. The molecule has 2 nitrogen and oxygen atoms in total. The van der Waals surface area contributed by atoms with Gasteiger partial charge in [0.1, 0.15) is 0 Å². The van der Waals surface area contributed by atoms with Crippen molar-refractivity contribution in [3.8, 4) is 11.3 Å². The van der Waals surface area contributed by atoms with Crippen molar-refractivity contribution < 1.29 is 0 Å². The van der Waals surface area contributed by atoms with E-state index in [0.717, 1.165) is 13.0 Å². The van der Waals surface area contributed by atoms with Crippen molar-refractivity contribution in [3.05, 3.63) is 47.2 Å². The fraction of sp³-hybridized carbons (Fsp3) is 0.444. The maximum atomic E-state index is 5.98. The molecule has 0 amide bonds. The van der Waals surface area contributed by atoms with Crippen molar-refractivity contribution in [2.24, 2.45) is 5.73 Å². The summed E-state index contributed by atoms with van der Waals surface area (Å²) in [6.07, 6.45) is 3.24. The van der Waals surface area contributed by atoms with Crippen LogP contribution in [0.5, 0.6) is 0 Å². The summed E-state index contributed by atoms with van der Waals surface area (Å²) in [5.41, 5.74) is 13.2. The minimum absolute atomic E-state index is 0.182. The van der Waals surface area contributed by atoms with E-state index in [-0.39, 0.29) is 11.5 Å². The predicted octanol–water partition coefficient (Wildman–Crippen LogP) is 3.70. The highest BCUT2D eigenvalue weighted by Gasteiger charge is 2.24. The summed E-state index contributed by atoms with van der Waals surface area (Å²) in [5.74, 6) is 0. The smallest absolute Gasteiger partial charge is 0.0519 e. The maximum absolute atomic E-state index is 5.98. The first-order valence-electron chi connectivity index (χ1n) is 7.43. The van der Waals surface area contributed by atoms with Crippen LogP contribution in [-0.4, -0.2) is 10.6 Å². The molecule has 1 aliphatic carbocycles. The van der Waals surface area contributed by atoms with Gasteiger partial charge in [0.2, 0.25) is 0 Å². The molecule has 0 fully saturated rings. The monoisotopic (exact) mass is 268 g/mol. The molecule has 0 unspecified atom stereocenters. The first-order valence-corrected chi connectivity index (χ1v) is 7.43. The zero-order valence-corrected chi connectivity index (χ0v) is 12.9. The van der Waals surface area contributed by atoms with E-state index in [9.17, 15) is 0 Å². The Labute approximate surface area is 121 Å². The number of fused-ring (bicyclic) bond motifs is 3. The average molecular weight is 268 g/mol. The minimum atomic E-state index is 0.182. The van der Waals surface area contributed by atoms with Gasteiger partial charge in [0.15, 0.2) is 0 Å². The molecular formula is C18H24N2. The van der Waals surface area contributed by atoms with Gasteiger partial charge in [-0.1, -0.05) is 32.9 Å². The Morgan fingerprint density at radius 2 is 1.95 bits per heavy atom. The lowest BCUT2D eigenvalue weighted by atomic mass is 9.85. The van der Waals surface area contributed by atoms with Crippen LogP contribution in [0.15, 0.2) is 30.5 Å². The highest BCUT2D eigenvalue weighted by molar-refractivity contribution is 5.75. The SMILES string of the molecule is C[C@H](N)Cn1ccc2c1-c1cc(C(C)(C)C)ccc1C2. The molecule has 1 heterocycles. The van der Waals surface area contributed by atoms with Crippen LogP contribution in [0.25, 0.3) is 11.3 Å². The summed E-state index contributed by atoms with van der Waals surface area (Å²) >= 11 is 0. The van der Waals surface area contributed by atoms with E-state index < -0.39 is 0 Å². The Kier molecular flexibility index (Phi) is 3.02. The second kappa shape index (κ2) is 4.49. The summed E-state index contributed by atoms with van der Waals surface area (Å²) < 4.78 is 2.32. The highest BCUT2D eigenvalue weighted by Crippen LogP contribution is 2.39. The summed E-state index contributed by atoms with van der Waals surface area (Å²) in [7, 11) is 0. The molecule has 2 N–H and O–H groups in total. The predicted molar refractivity (Wildman–Crippen MR) is 85.0 cm³/mol. The molecule has 0 saturated carbocycles. The Morgan fingerprint density at radius 3 is 2.60 bits per heavy atom. The van der Waals surface area contributed by atoms with Crippen molar-refractivity contribution >= 4 is 0 Å². The maximum Gasteiger partial charge on any atom is 0.0519 e. The molecule has 0 saturated heterocycles. The summed E-state index contributed by atoms with van der Waals surface area (Å²) in [6, 6.07) is 9.38. The highest BCUT2D eigenvalue weighted by atomic mass is 15.0. The van der Waals surface area contributed by atoms with E-state index in [1.165, 1.54) is 27.9 Å². The molecule has 0 spiro atoms. The summed E-state index contributed by atoms with van der Waals surface area (Å²) in [4.78, 5) is 0. The lowest BCUT2D eigenvalue weighted by molar-refractivity contribution is 0.588. The van der Waals surface area contributed by atoms with Crippen molar-refractivity contribution in [1.29, 1.82) is 0 Å². The number of hydrogen-bond acceptors (Lipinski definition) is 1. The van der Waals surface area contributed by atoms with E-state index in [1.54, 1.807) is 0 Å². The number of nitrogens with zero attached hydrogens (tertiary/aromatic N) is 1. The van der Waals surface area contributed by atoms with Crippen molar-refractivity contribution in [2.45, 2.75) is 52.1 Å². The molecule has 1 aromatic carbocycles. The molecule has 1 aromatic heterocycles. The number of benzene rings is 1. The van der Waals surface area contributed by atoms with Crippen LogP contribution in [0, 0.1) is 0 Å². The van der Waals surface area contributed by atoms with Gasteiger partial charge in [0.25, 0.3) is 0 Å². The normalized spacial score (nSPS) is 15.1. The van der Waals surface area contributed by atoms with Gasteiger partial charge >= 0.3 is 0 Å². The third-order valence-corrected chi connectivity index (χ3v) is 4.14. The molecule has 0 bridgehead atoms. The van der Waals surface area contributed by atoms with E-state index in [2.05, 4.69) is 62.7 Å². The Morgan fingerprint density at radius 1 is 1.20 bits per heavy atom. The molecule has 20 heavy (non-hydrogen) atoms. The molecule has 3 rings (SSSR count). The number of rotatable bonds is 2. The Hall–Kier alpha value is -1.54. The molecule has 0 aliphatic heterocycles. The van der Waals surface area contributed by atoms with E-state index >= 15 is 0 Å². The van der Waals surface area contributed by atoms with Gasteiger partial charge in [-0.3, -0.25) is 0 Å². The fourth-order valence-electron chi connectivity index (χ4n) is 3.07. The van der Waals surface area contributed by atoms with E-state index in [0.29, 0.717) is 0 Å². The zero-order chi connectivity index (χ0) is 14.5. The van der Waals surface area contributed by atoms with Crippen LogP contribution < -0.4 is 5.73 Å². The number of aromatic nitrogens is 1. The van der Waals surface area contributed by atoms with Gasteiger partial charge in [0.05, 0.1) is 5.69 Å². The quantitative estimate of drug-likeness (QED) is 0.755. The van der Waals surface area contributed by atoms with Gasteiger partial charge in [0, 0.05) is 30.8 Å². The second-order valence-corrected chi connectivity index (χ2v) is 7.12. The molecule has 2 aromatic rings. The molecule has 1 atom stereocenters.